The van der Waals surface area contributed by atoms with E-state index in [1.165, 1.54) is 18.7 Å². The van der Waals surface area contributed by atoms with Crippen LogP contribution in [0.1, 0.15) is 43.1 Å². The SMILES string of the molecule is CCC1CCCCN1c1cnc(C(=O)Nc2ccc(F)c(F)c2)cn1. The minimum Gasteiger partial charge on any atom is -0.352 e. The molecular weight excluding hydrogens is 326 g/mol. The van der Waals surface area contributed by atoms with Crippen molar-refractivity contribution in [3.05, 3.63) is 47.9 Å². The van der Waals surface area contributed by atoms with E-state index in [4.69, 9.17) is 0 Å². The summed E-state index contributed by atoms with van der Waals surface area (Å²) in [7, 11) is 0. The summed E-state index contributed by atoms with van der Waals surface area (Å²) in [5.41, 5.74) is 0.287. The number of carbonyl (C=O) groups excluding carboxylic acids is 1. The van der Waals surface area contributed by atoms with E-state index in [2.05, 4.69) is 27.1 Å². The van der Waals surface area contributed by atoms with Gasteiger partial charge in [0.1, 0.15) is 11.5 Å². The molecule has 7 heteroatoms. The van der Waals surface area contributed by atoms with E-state index in [1.807, 2.05) is 0 Å². The van der Waals surface area contributed by atoms with Gasteiger partial charge in [0.05, 0.1) is 12.4 Å². The predicted octanol–water partition coefficient (Wildman–Crippen LogP) is 3.78. The smallest absolute Gasteiger partial charge is 0.275 e. The Kier molecular flexibility index (Phi) is 5.21. The quantitative estimate of drug-likeness (QED) is 0.915. The van der Waals surface area contributed by atoms with Crippen LogP contribution in [0, 0.1) is 11.6 Å². The highest BCUT2D eigenvalue weighted by Crippen LogP contribution is 2.24. The fourth-order valence-corrected chi connectivity index (χ4v) is 3.08. The summed E-state index contributed by atoms with van der Waals surface area (Å²) in [6.45, 7) is 3.09. The third kappa shape index (κ3) is 3.92. The van der Waals surface area contributed by atoms with Gasteiger partial charge in [-0.15, -0.1) is 0 Å². The molecular formula is C18H20F2N4O. The molecule has 1 aliphatic rings. The molecule has 0 saturated carbocycles. The van der Waals surface area contributed by atoms with E-state index < -0.39 is 17.5 Å². The van der Waals surface area contributed by atoms with Crippen LogP contribution >= 0.6 is 0 Å². The molecule has 1 saturated heterocycles. The van der Waals surface area contributed by atoms with Gasteiger partial charge in [-0.2, -0.15) is 0 Å². The number of nitrogens with one attached hydrogen (secondary N) is 1. The lowest BCUT2D eigenvalue weighted by molar-refractivity contribution is 0.102. The van der Waals surface area contributed by atoms with Crippen LogP contribution in [0.3, 0.4) is 0 Å². The van der Waals surface area contributed by atoms with Crippen molar-refractivity contribution in [2.24, 2.45) is 0 Å². The maximum absolute atomic E-state index is 13.2. The zero-order valence-electron chi connectivity index (χ0n) is 14.0. The summed E-state index contributed by atoms with van der Waals surface area (Å²) in [5, 5.41) is 2.48. The van der Waals surface area contributed by atoms with Gasteiger partial charge in [0.15, 0.2) is 11.6 Å². The molecule has 1 atom stereocenters. The molecule has 0 spiro atoms. The van der Waals surface area contributed by atoms with Crippen molar-refractivity contribution in [1.82, 2.24) is 9.97 Å². The molecule has 1 unspecified atom stereocenters. The first-order valence-electron chi connectivity index (χ1n) is 8.43. The van der Waals surface area contributed by atoms with Gasteiger partial charge in [-0.25, -0.2) is 18.7 Å². The molecule has 1 aliphatic heterocycles. The Morgan fingerprint density at radius 3 is 2.76 bits per heavy atom. The second-order valence-corrected chi connectivity index (χ2v) is 6.09. The van der Waals surface area contributed by atoms with Gasteiger partial charge < -0.3 is 10.2 Å². The Balaban J connectivity index is 1.70. The van der Waals surface area contributed by atoms with Gasteiger partial charge >= 0.3 is 0 Å². The van der Waals surface area contributed by atoms with Crippen molar-refractivity contribution in [2.45, 2.75) is 38.6 Å². The Labute approximate surface area is 145 Å². The number of hydrogen-bond acceptors (Lipinski definition) is 4. The maximum atomic E-state index is 13.2. The fraction of sp³-hybridized carbons (Fsp3) is 0.389. The Morgan fingerprint density at radius 1 is 1.24 bits per heavy atom. The number of piperidine rings is 1. The monoisotopic (exact) mass is 346 g/mol. The van der Waals surface area contributed by atoms with Gasteiger partial charge in [0.2, 0.25) is 0 Å². The van der Waals surface area contributed by atoms with Gasteiger partial charge in [-0.1, -0.05) is 6.92 Å². The van der Waals surface area contributed by atoms with E-state index in [0.29, 0.717) is 6.04 Å². The van der Waals surface area contributed by atoms with Crippen molar-refractivity contribution in [3.63, 3.8) is 0 Å². The van der Waals surface area contributed by atoms with Gasteiger partial charge in [-0.3, -0.25) is 4.79 Å². The van der Waals surface area contributed by atoms with Crippen molar-refractivity contribution in [3.8, 4) is 0 Å². The van der Waals surface area contributed by atoms with Crippen LogP contribution in [0.2, 0.25) is 0 Å². The zero-order chi connectivity index (χ0) is 17.8. The van der Waals surface area contributed by atoms with Crippen molar-refractivity contribution in [1.29, 1.82) is 0 Å². The molecule has 1 N–H and O–H groups in total. The molecule has 0 bridgehead atoms. The average molecular weight is 346 g/mol. The van der Waals surface area contributed by atoms with E-state index in [0.717, 1.165) is 43.8 Å². The van der Waals surface area contributed by atoms with Crippen LogP contribution in [-0.2, 0) is 0 Å². The number of aromatic nitrogens is 2. The van der Waals surface area contributed by atoms with Crippen LogP contribution in [0.5, 0.6) is 0 Å². The number of rotatable bonds is 4. The van der Waals surface area contributed by atoms with E-state index in [1.54, 1.807) is 6.20 Å². The Morgan fingerprint density at radius 2 is 2.08 bits per heavy atom. The van der Waals surface area contributed by atoms with E-state index in [-0.39, 0.29) is 11.4 Å². The number of benzene rings is 1. The molecule has 25 heavy (non-hydrogen) atoms. The molecule has 132 valence electrons. The van der Waals surface area contributed by atoms with Crippen molar-refractivity contribution in [2.75, 3.05) is 16.8 Å². The average Bonchev–Trinajstić information content (AvgIpc) is 2.65. The first kappa shape index (κ1) is 17.3. The summed E-state index contributed by atoms with van der Waals surface area (Å²) in [6, 6.07) is 3.62. The lowest BCUT2D eigenvalue weighted by atomic mass is 10.0. The molecule has 1 aromatic carbocycles. The third-order valence-electron chi connectivity index (χ3n) is 4.44. The fourth-order valence-electron chi connectivity index (χ4n) is 3.08. The highest BCUT2D eigenvalue weighted by Gasteiger charge is 2.22. The van der Waals surface area contributed by atoms with Crippen molar-refractivity contribution < 1.29 is 13.6 Å². The number of nitrogens with zero attached hydrogens (tertiary/aromatic N) is 3. The molecule has 0 aliphatic carbocycles. The second-order valence-electron chi connectivity index (χ2n) is 6.09. The lowest BCUT2D eigenvalue weighted by Gasteiger charge is -2.35. The van der Waals surface area contributed by atoms with Gasteiger partial charge in [-0.05, 0) is 37.8 Å². The minimum atomic E-state index is -1.02. The molecule has 2 heterocycles. The standard InChI is InChI=1S/C18H20F2N4O/c1-2-13-5-3-4-8-24(13)17-11-21-16(10-22-17)18(25)23-12-6-7-14(19)15(20)9-12/h6-7,9-11,13H,2-5,8H2,1H3,(H,23,25). The molecule has 1 aromatic heterocycles. The number of hydrogen-bond donors (Lipinski definition) is 1. The topological polar surface area (TPSA) is 58.1 Å². The lowest BCUT2D eigenvalue weighted by Crippen LogP contribution is -2.39. The highest BCUT2D eigenvalue weighted by atomic mass is 19.2. The Hall–Kier alpha value is -2.57. The first-order valence-corrected chi connectivity index (χ1v) is 8.43. The first-order chi connectivity index (χ1) is 12.1. The van der Waals surface area contributed by atoms with Crippen LogP contribution < -0.4 is 10.2 Å². The van der Waals surface area contributed by atoms with Crippen LogP contribution in [-0.4, -0.2) is 28.5 Å². The molecule has 1 fully saturated rings. The van der Waals surface area contributed by atoms with Crippen LogP contribution in [0.15, 0.2) is 30.6 Å². The third-order valence-corrected chi connectivity index (χ3v) is 4.44. The molecule has 3 rings (SSSR count). The van der Waals surface area contributed by atoms with Crippen molar-refractivity contribution >= 4 is 17.4 Å². The number of halogens is 2. The second kappa shape index (κ2) is 7.55. The molecule has 1 amide bonds. The molecule has 2 aromatic rings. The van der Waals surface area contributed by atoms with Gasteiger partial charge in [0, 0.05) is 24.3 Å². The number of carbonyl (C=O) groups is 1. The summed E-state index contributed by atoms with van der Waals surface area (Å²) in [4.78, 5) is 22.9. The van der Waals surface area contributed by atoms with Gasteiger partial charge in [0.25, 0.3) is 5.91 Å². The largest absolute Gasteiger partial charge is 0.352 e. The highest BCUT2D eigenvalue weighted by molar-refractivity contribution is 6.02. The summed E-state index contributed by atoms with van der Waals surface area (Å²) >= 11 is 0. The normalized spacial score (nSPS) is 17.4. The molecule has 5 nitrogen and oxygen atoms in total. The summed E-state index contributed by atoms with van der Waals surface area (Å²) < 4.78 is 26.1. The number of anilines is 2. The van der Waals surface area contributed by atoms with E-state index >= 15 is 0 Å². The zero-order valence-corrected chi connectivity index (χ0v) is 14.0. The summed E-state index contributed by atoms with van der Waals surface area (Å²) in [5.74, 6) is -1.74. The minimum absolute atomic E-state index is 0.124. The number of amides is 1. The van der Waals surface area contributed by atoms with Crippen LogP contribution in [0.25, 0.3) is 0 Å². The Bertz CT molecular complexity index is 751. The van der Waals surface area contributed by atoms with Crippen LogP contribution in [0.4, 0.5) is 20.3 Å². The predicted molar refractivity (Wildman–Crippen MR) is 91.6 cm³/mol. The summed E-state index contributed by atoms with van der Waals surface area (Å²) in [6.07, 6.45) is 7.52. The molecule has 0 radical (unpaired) electrons. The van der Waals surface area contributed by atoms with E-state index in [9.17, 15) is 13.6 Å². The maximum Gasteiger partial charge on any atom is 0.275 e.